The zero-order chi connectivity index (χ0) is 12.5. The van der Waals surface area contributed by atoms with Crippen molar-refractivity contribution in [3.63, 3.8) is 0 Å². The van der Waals surface area contributed by atoms with Gasteiger partial charge in [0, 0.05) is 16.2 Å². The molecule has 1 aromatic carbocycles. The van der Waals surface area contributed by atoms with Crippen molar-refractivity contribution in [2.75, 3.05) is 0 Å². The fourth-order valence-corrected chi connectivity index (χ4v) is 2.86. The molecule has 1 rings (SSSR count). The van der Waals surface area contributed by atoms with Gasteiger partial charge in [0.25, 0.3) is 14.7 Å². The van der Waals surface area contributed by atoms with E-state index in [0.717, 1.165) is 6.07 Å². The van der Waals surface area contributed by atoms with Gasteiger partial charge < -0.3 is 0 Å². The van der Waals surface area contributed by atoms with Crippen LogP contribution in [0.2, 0.25) is 5.02 Å². The van der Waals surface area contributed by atoms with Crippen molar-refractivity contribution in [1.29, 1.82) is 0 Å². The summed E-state index contributed by atoms with van der Waals surface area (Å²) in [5, 5.41) is 10.3. The highest BCUT2D eigenvalue weighted by Gasteiger charge is 2.26. The number of hydrogen-bond acceptors (Lipinski definition) is 4. The van der Waals surface area contributed by atoms with E-state index in [0.29, 0.717) is 12.0 Å². The number of halogens is 2. The Morgan fingerprint density at radius 3 is 2.38 bits per heavy atom. The van der Waals surface area contributed by atoms with Crippen molar-refractivity contribution in [3.05, 3.63) is 32.8 Å². The molecule has 0 unspecified atom stereocenters. The van der Waals surface area contributed by atoms with E-state index in [4.69, 9.17) is 22.3 Å². The highest BCUT2D eigenvalue weighted by Crippen LogP contribution is 2.35. The average molecular weight is 284 g/mol. The number of hydrogen-bond donors (Lipinski definition) is 0. The monoisotopic (exact) mass is 283 g/mol. The molecule has 0 aliphatic rings. The third-order valence-corrected chi connectivity index (χ3v) is 3.85. The van der Waals surface area contributed by atoms with Gasteiger partial charge >= 0.3 is 0 Å². The lowest BCUT2D eigenvalue weighted by atomic mass is 10.1. The summed E-state index contributed by atoms with van der Waals surface area (Å²) in [6, 6.07) is 2.50. The summed E-state index contributed by atoms with van der Waals surface area (Å²) < 4.78 is 22.2. The standard InChI is InChI=1S/C8H7Cl2NO4S/c1-2-5-3-4-6(16(10,14)15)7(9)8(5)11(12)13/h3-4H,2H2,1H3. The van der Waals surface area contributed by atoms with Crippen LogP contribution in [0.4, 0.5) is 5.69 Å². The second kappa shape index (κ2) is 4.57. The average Bonchev–Trinajstić information content (AvgIpc) is 2.14. The molecule has 0 aliphatic heterocycles. The summed E-state index contributed by atoms with van der Waals surface area (Å²) in [4.78, 5) is 9.60. The van der Waals surface area contributed by atoms with Crippen LogP contribution in [0.15, 0.2) is 17.0 Å². The maximum atomic E-state index is 11.1. The van der Waals surface area contributed by atoms with E-state index in [-0.39, 0.29) is 0 Å². The topological polar surface area (TPSA) is 77.3 Å². The Kier molecular flexibility index (Phi) is 3.77. The molecule has 0 aliphatic carbocycles. The highest BCUT2D eigenvalue weighted by molar-refractivity contribution is 8.13. The highest BCUT2D eigenvalue weighted by atomic mass is 35.7. The van der Waals surface area contributed by atoms with Crippen LogP contribution in [-0.4, -0.2) is 13.3 Å². The third-order valence-electron chi connectivity index (χ3n) is 1.99. The van der Waals surface area contributed by atoms with Gasteiger partial charge in [-0.25, -0.2) is 8.42 Å². The van der Waals surface area contributed by atoms with Crippen LogP contribution < -0.4 is 0 Å². The maximum Gasteiger partial charge on any atom is 0.292 e. The van der Waals surface area contributed by atoms with E-state index in [1.165, 1.54) is 6.07 Å². The van der Waals surface area contributed by atoms with Crippen molar-refractivity contribution in [3.8, 4) is 0 Å². The molecule has 0 saturated heterocycles. The second-order valence-corrected chi connectivity index (χ2v) is 5.85. The molecular formula is C8H7Cl2NO4S. The Morgan fingerprint density at radius 2 is 2.00 bits per heavy atom. The van der Waals surface area contributed by atoms with E-state index in [1.54, 1.807) is 6.92 Å². The smallest absolute Gasteiger partial charge is 0.258 e. The van der Waals surface area contributed by atoms with E-state index in [9.17, 15) is 18.5 Å². The number of nitro benzene ring substituents is 1. The first kappa shape index (κ1) is 13.2. The van der Waals surface area contributed by atoms with Crippen molar-refractivity contribution in [1.82, 2.24) is 0 Å². The van der Waals surface area contributed by atoms with Crippen molar-refractivity contribution >= 4 is 37.0 Å². The predicted octanol–water partition coefficient (Wildman–Crippen LogP) is 2.74. The van der Waals surface area contributed by atoms with Crippen LogP contribution in [0.1, 0.15) is 12.5 Å². The lowest BCUT2D eigenvalue weighted by Gasteiger charge is -2.05. The number of rotatable bonds is 3. The number of benzene rings is 1. The molecule has 0 saturated carbocycles. The van der Waals surface area contributed by atoms with E-state index in [2.05, 4.69) is 0 Å². The van der Waals surface area contributed by atoms with Gasteiger partial charge in [-0.05, 0) is 12.5 Å². The molecule has 0 amide bonds. The summed E-state index contributed by atoms with van der Waals surface area (Å²) in [6.07, 6.45) is 0.374. The van der Waals surface area contributed by atoms with Gasteiger partial charge in [-0.15, -0.1) is 0 Å². The predicted molar refractivity (Wildman–Crippen MR) is 60.5 cm³/mol. The Morgan fingerprint density at radius 1 is 1.44 bits per heavy atom. The molecule has 8 heteroatoms. The molecule has 0 radical (unpaired) electrons. The minimum atomic E-state index is -4.08. The first-order chi connectivity index (χ1) is 7.29. The Labute approximate surface area is 102 Å². The van der Waals surface area contributed by atoms with Gasteiger partial charge in [0.2, 0.25) is 0 Å². The van der Waals surface area contributed by atoms with Gasteiger partial charge in [-0.1, -0.05) is 24.6 Å². The quantitative estimate of drug-likeness (QED) is 0.485. The van der Waals surface area contributed by atoms with Gasteiger partial charge in [0.05, 0.1) is 4.92 Å². The molecule has 0 fully saturated rings. The summed E-state index contributed by atoms with van der Waals surface area (Å²) >= 11 is 5.67. The van der Waals surface area contributed by atoms with Gasteiger partial charge in [0.1, 0.15) is 9.92 Å². The Hall–Kier alpha value is -0.850. The first-order valence-electron chi connectivity index (χ1n) is 4.19. The van der Waals surface area contributed by atoms with E-state index >= 15 is 0 Å². The summed E-state index contributed by atoms with van der Waals surface area (Å²) in [5.74, 6) is 0. The van der Waals surface area contributed by atoms with E-state index < -0.39 is 29.6 Å². The molecule has 0 bridgehead atoms. The van der Waals surface area contributed by atoms with Gasteiger partial charge in [-0.3, -0.25) is 10.1 Å². The zero-order valence-electron chi connectivity index (χ0n) is 8.11. The Balaban J connectivity index is 3.63. The van der Waals surface area contributed by atoms with Crippen molar-refractivity contribution in [2.45, 2.75) is 18.2 Å². The van der Waals surface area contributed by atoms with Crippen molar-refractivity contribution in [2.24, 2.45) is 0 Å². The molecular weight excluding hydrogens is 277 g/mol. The minimum absolute atomic E-state index is 0.360. The first-order valence-corrected chi connectivity index (χ1v) is 6.88. The molecule has 0 heterocycles. The SMILES string of the molecule is CCc1ccc(S(=O)(=O)Cl)c(Cl)c1[N+](=O)[O-]. The van der Waals surface area contributed by atoms with Crippen LogP contribution in [0.3, 0.4) is 0 Å². The molecule has 5 nitrogen and oxygen atoms in total. The molecule has 0 aromatic heterocycles. The minimum Gasteiger partial charge on any atom is -0.258 e. The lowest BCUT2D eigenvalue weighted by Crippen LogP contribution is -2.00. The molecule has 88 valence electrons. The molecule has 1 aromatic rings. The van der Waals surface area contributed by atoms with Crippen LogP contribution in [0.5, 0.6) is 0 Å². The van der Waals surface area contributed by atoms with E-state index in [1.807, 2.05) is 0 Å². The van der Waals surface area contributed by atoms with Crippen LogP contribution in [0, 0.1) is 10.1 Å². The summed E-state index contributed by atoms with van der Waals surface area (Å²) in [7, 11) is 1.02. The number of aryl methyl sites for hydroxylation is 1. The van der Waals surface area contributed by atoms with Crippen LogP contribution >= 0.6 is 22.3 Å². The molecule has 0 spiro atoms. The second-order valence-electron chi connectivity index (χ2n) is 2.93. The van der Waals surface area contributed by atoms with Gasteiger partial charge in [0.15, 0.2) is 0 Å². The lowest BCUT2D eigenvalue weighted by molar-refractivity contribution is -0.385. The normalized spacial score (nSPS) is 11.4. The zero-order valence-corrected chi connectivity index (χ0v) is 10.4. The largest absolute Gasteiger partial charge is 0.292 e. The van der Waals surface area contributed by atoms with Crippen LogP contribution in [-0.2, 0) is 15.5 Å². The third kappa shape index (κ3) is 2.45. The Bertz CT molecular complexity index is 541. The van der Waals surface area contributed by atoms with Crippen LogP contribution in [0.25, 0.3) is 0 Å². The fraction of sp³-hybridized carbons (Fsp3) is 0.250. The van der Waals surface area contributed by atoms with Crippen molar-refractivity contribution < 1.29 is 13.3 Å². The molecule has 16 heavy (non-hydrogen) atoms. The fourth-order valence-electron chi connectivity index (χ4n) is 1.26. The number of nitrogens with zero attached hydrogens (tertiary/aromatic N) is 1. The number of nitro groups is 1. The summed E-state index contributed by atoms with van der Waals surface area (Å²) in [6.45, 7) is 1.70. The van der Waals surface area contributed by atoms with Gasteiger partial charge in [-0.2, -0.15) is 0 Å². The summed E-state index contributed by atoms with van der Waals surface area (Å²) in [5.41, 5.74) is -0.0510. The molecule has 0 N–H and O–H groups in total. The molecule has 0 atom stereocenters. The maximum absolute atomic E-state index is 11.1.